The van der Waals surface area contributed by atoms with Gasteiger partial charge in [-0.2, -0.15) is 5.10 Å². The lowest BCUT2D eigenvalue weighted by atomic mass is 10.0. The second kappa shape index (κ2) is 7.40. The van der Waals surface area contributed by atoms with Gasteiger partial charge in [-0.15, -0.1) is 0 Å². The van der Waals surface area contributed by atoms with E-state index in [9.17, 15) is 0 Å². The number of hydrogen-bond donors (Lipinski definition) is 2. The number of aromatic nitrogens is 4. The van der Waals surface area contributed by atoms with E-state index in [2.05, 4.69) is 56.7 Å². The van der Waals surface area contributed by atoms with Crippen LogP contribution in [-0.4, -0.2) is 25.6 Å². The molecule has 0 unspecified atom stereocenters. The Bertz CT molecular complexity index is 1350. The number of hydrogen-bond acceptors (Lipinski definition) is 5. The molecule has 30 heavy (non-hydrogen) atoms. The predicted octanol–water partition coefficient (Wildman–Crippen LogP) is 5.32. The van der Waals surface area contributed by atoms with Crippen molar-refractivity contribution in [3.63, 3.8) is 0 Å². The van der Waals surface area contributed by atoms with Gasteiger partial charge in [0.2, 0.25) is 5.95 Å². The molecule has 2 heterocycles. The van der Waals surface area contributed by atoms with Gasteiger partial charge in [0.15, 0.2) is 5.82 Å². The maximum atomic E-state index is 4.76. The van der Waals surface area contributed by atoms with Crippen LogP contribution in [0.25, 0.3) is 33.2 Å². The van der Waals surface area contributed by atoms with Gasteiger partial charge >= 0.3 is 0 Å². The summed E-state index contributed by atoms with van der Waals surface area (Å²) >= 11 is 0. The van der Waals surface area contributed by atoms with Gasteiger partial charge in [-0.25, -0.2) is 20.4 Å². The van der Waals surface area contributed by atoms with Crippen molar-refractivity contribution in [2.75, 3.05) is 5.43 Å². The first kappa shape index (κ1) is 18.0. The fourth-order valence-electron chi connectivity index (χ4n) is 3.42. The molecule has 146 valence electrons. The summed E-state index contributed by atoms with van der Waals surface area (Å²) in [6, 6.07) is 24.2. The minimum absolute atomic E-state index is 0.445. The Balaban J connectivity index is 1.54. The zero-order valence-corrected chi connectivity index (χ0v) is 16.7. The van der Waals surface area contributed by atoms with Gasteiger partial charge in [-0.3, -0.25) is 0 Å². The normalized spacial score (nSPS) is 11.9. The maximum Gasteiger partial charge on any atom is 0.244 e. The Kier molecular flexibility index (Phi) is 4.44. The zero-order valence-electron chi connectivity index (χ0n) is 16.7. The number of benzene rings is 3. The van der Waals surface area contributed by atoms with Gasteiger partial charge in [-0.05, 0) is 38.1 Å². The van der Waals surface area contributed by atoms with Crippen molar-refractivity contribution in [1.29, 1.82) is 0 Å². The van der Waals surface area contributed by atoms with Crippen molar-refractivity contribution in [2.45, 2.75) is 13.8 Å². The molecule has 0 amide bonds. The highest BCUT2D eigenvalue weighted by molar-refractivity contribution is 5.98. The van der Waals surface area contributed by atoms with Crippen molar-refractivity contribution in [1.82, 2.24) is 19.9 Å². The third kappa shape index (κ3) is 3.39. The van der Waals surface area contributed by atoms with Gasteiger partial charge in [0.05, 0.1) is 22.2 Å². The molecule has 0 saturated heterocycles. The number of para-hydroxylation sites is 2. The van der Waals surface area contributed by atoms with Crippen LogP contribution in [0.1, 0.15) is 18.3 Å². The van der Waals surface area contributed by atoms with Gasteiger partial charge < -0.3 is 4.98 Å². The second-order valence-electron chi connectivity index (χ2n) is 7.19. The number of fused-ring (bicyclic) bond motifs is 2. The summed E-state index contributed by atoms with van der Waals surface area (Å²) in [5.41, 5.74) is 9.57. The van der Waals surface area contributed by atoms with Crippen molar-refractivity contribution < 1.29 is 0 Å². The van der Waals surface area contributed by atoms with Gasteiger partial charge in [-0.1, -0.05) is 54.1 Å². The van der Waals surface area contributed by atoms with Gasteiger partial charge in [0.1, 0.15) is 5.71 Å². The van der Waals surface area contributed by atoms with Crippen molar-refractivity contribution in [2.24, 2.45) is 5.10 Å². The second-order valence-corrected chi connectivity index (χ2v) is 7.19. The fraction of sp³-hybridized carbons (Fsp3) is 0.0833. The van der Waals surface area contributed by atoms with E-state index in [4.69, 9.17) is 4.98 Å². The minimum atomic E-state index is 0.445. The van der Waals surface area contributed by atoms with Crippen LogP contribution in [0.15, 0.2) is 77.9 Å². The van der Waals surface area contributed by atoms with Crippen molar-refractivity contribution in [3.8, 4) is 11.3 Å². The molecule has 0 radical (unpaired) electrons. The first-order chi connectivity index (χ1) is 14.7. The number of nitrogens with one attached hydrogen (secondary N) is 2. The standard InChI is InChI=1S/C24H20N6/c1-15-12-13-19-18(14-15)22(17-8-4-3-5-9-17)28-24(27-19)30-29-16(2)23-25-20-10-6-7-11-21(20)26-23/h3-14H,1-2H3,(H,25,26)(H,27,28,30)/b29-16+. The molecule has 0 spiro atoms. The average molecular weight is 392 g/mol. The molecule has 0 fully saturated rings. The summed E-state index contributed by atoms with van der Waals surface area (Å²) in [5.74, 6) is 1.16. The minimum Gasteiger partial charge on any atom is -0.337 e. The highest BCUT2D eigenvalue weighted by atomic mass is 15.4. The van der Waals surface area contributed by atoms with E-state index in [0.717, 1.165) is 38.9 Å². The SMILES string of the molecule is C/C(=N\Nc1nc(-c2ccccc2)c2cc(C)ccc2n1)c1nc2ccccc2[nH]1. The Hall–Kier alpha value is -4.06. The fourth-order valence-corrected chi connectivity index (χ4v) is 3.42. The van der Waals surface area contributed by atoms with Gasteiger partial charge in [0, 0.05) is 10.9 Å². The van der Waals surface area contributed by atoms with E-state index in [1.165, 1.54) is 5.56 Å². The molecule has 5 rings (SSSR count). The first-order valence-corrected chi connectivity index (χ1v) is 9.76. The lowest BCUT2D eigenvalue weighted by Gasteiger charge is -2.09. The third-order valence-electron chi connectivity index (χ3n) is 4.95. The summed E-state index contributed by atoms with van der Waals surface area (Å²) in [4.78, 5) is 17.3. The number of rotatable bonds is 4. The van der Waals surface area contributed by atoms with E-state index in [1.807, 2.05) is 55.5 Å². The number of H-pyrrole nitrogens is 1. The monoisotopic (exact) mass is 392 g/mol. The largest absolute Gasteiger partial charge is 0.337 e. The number of imidazole rings is 1. The van der Waals surface area contributed by atoms with E-state index in [1.54, 1.807) is 0 Å². The summed E-state index contributed by atoms with van der Waals surface area (Å²) < 4.78 is 0. The van der Waals surface area contributed by atoms with Crippen LogP contribution in [0.2, 0.25) is 0 Å². The number of aryl methyl sites for hydroxylation is 1. The van der Waals surface area contributed by atoms with Crippen LogP contribution in [0.5, 0.6) is 0 Å². The highest BCUT2D eigenvalue weighted by Crippen LogP contribution is 2.28. The number of anilines is 1. The summed E-state index contributed by atoms with van der Waals surface area (Å²) in [6.45, 7) is 3.97. The highest BCUT2D eigenvalue weighted by Gasteiger charge is 2.11. The molecule has 6 nitrogen and oxygen atoms in total. The summed E-state index contributed by atoms with van der Waals surface area (Å²) in [6.07, 6.45) is 0. The molecule has 2 aromatic heterocycles. The molecule has 3 aromatic carbocycles. The Morgan fingerprint density at radius 2 is 1.67 bits per heavy atom. The van der Waals surface area contributed by atoms with Crippen LogP contribution in [-0.2, 0) is 0 Å². The van der Waals surface area contributed by atoms with Crippen LogP contribution in [0, 0.1) is 6.92 Å². The Labute approximate surface area is 173 Å². The third-order valence-corrected chi connectivity index (χ3v) is 4.95. The molecule has 0 aliphatic heterocycles. The molecule has 0 bridgehead atoms. The first-order valence-electron chi connectivity index (χ1n) is 9.76. The van der Waals surface area contributed by atoms with Crippen LogP contribution >= 0.6 is 0 Å². The lowest BCUT2D eigenvalue weighted by molar-refractivity contribution is 1.14. The maximum absolute atomic E-state index is 4.76. The average Bonchev–Trinajstić information content (AvgIpc) is 3.22. The molecule has 6 heteroatoms. The van der Waals surface area contributed by atoms with E-state index in [-0.39, 0.29) is 0 Å². The van der Waals surface area contributed by atoms with E-state index >= 15 is 0 Å². The molecule has 5 aromatic rings. The van der Waals surface area contributed by atoms with Crippen LogP contribution in [0.3, 0.4) is 0 Å². The lowest BCUT2D eigenvalue weighted by Crippen LogP contribution is -2.05. The Morgan fingerprint density at radius 3 is 2.50 bits per heavy atom. The molecule has 0 atom stereocenters. The molecule has 0 aliphatic rings. The Morgan fingerprint density at radius 1 is 0.867 bits per heavy atom. The van der Waals surface area contributed by atoms with E-state index in [0.29, 0.717) is 11.8 Å². The molecule has 0 saturated carbocycles. The van der Waals surface area contributed by atoms with Crippen molar-refractivity contribution >= 4 is 33.6 Å². The molecular formula is C24H20N6. The zero-order chi connectivity index (χ0) is 20.5. The number of aromatic amines is 1. The molecule has 2 N–H and O–H groups in total. The van der Waals surface area contributed by atoms with Crippen molar-refractivity contribution in [3.05, 3.63) is 84.2 Å². The molecular weight excluding hydrogens is 372 g/mol. The van der Waals surface area contributed by atoms with Crippen LogP contribution in [0.4, 0.5) is 5.95 Å². The van der Waals surface area contributed by atoms with Gasteiger partial charge in [0.25, 0.3) is 0 Å². The topological polar surface area (TPSA) is 78.8 Å². The van der Waals surface area contributed by atoms with Crippen LogP contribution < -0.4 is 5.43 Å². The summed E-state index contributed by atoms with van der Waals surface area (Å²) in [5, 5.41) is 5.49. The van der Waals surface area contributed by atoms with E-state index < -0.39 is 0 Å². The number of nitrogens with zero attached hydrogens (tertiary/aromatic N) is 4. The summed E-state index contributed by atoms with van der Waals surface area (Å²) in [7, 11) is 0. The quantitative estimate of drug-likeness (QED) is 0.321. The predicted molar refractivity (Wildman–Crippen MR) is 122 cm³/mol. The smallest absolute Gasteiger partial charge is 0.244 e. The molecule has 0 aliphatic carbocycles. The number of hydrazone groups is 1.